The highest BCUT2D eigenvalue weighted by atomic mass is 16.7. The van der Waals surface area contributed by atoms with Crippen LogP contribution >= 0.6 is 0 Å². The second kappa shape index (κ2) is 17.9. The SMILES string of the molecule is CC(=O)N[C@H]1[C@@H](OC[C@H](NC(=O)OCC2c3ccccc3-c3ccccc32)C(=O)OCC(=O)c2ccccc2)O[C@@H](CO)[C@H](O)[C@H]1OC(=O)c1ccccc1. The van der Waals surface area contributed by atoms with Gasteiger partial charge in [0, 0.05) is 18.4 Å². The fourth-order valence-electron chi connectivity index (χ4n) is 6.59. The van der Waals surface area contributed by atoms with E-state index in [0.717, 1.165) is 22.3 Å². The summed E-state index contributed by atoms with van der Waals surface area (Å²) in [5.41, 5.74) is 4.43. The van der Waals surface area contributed by atoms with Crippen LogP contribution in [-0.4, -0.2) is 103 Å². The number of alkyl carbamates (subject to hydrolysis) is 1. The number of nitrogens with one attached hydrogen (secondary N) is 2. The second-order valence-corrected chi connectivity index (χ2v) is 12.9. The molecule has 0 radical (unpaired) electrons. The Balaban J connectivity index is 1.19. The average Bonchev–Trinajstić information content (AvgIpc) is 3.53. The van der Waals surface area contributed by atoms with Crippen LogP contribution < -0.4 is 10.6 Å². The molecule has 1 aliphatic heterocycles. The van der Waals surface area contributed by atoms with Crippen LogP contribution in [0.4, 0.5) is 4.79 Å². The second-order valence-electron chi connectivity index (χ2n) is 12.9. The molecule has 0 spiro atoms. The molecule has 6 atom stereocenters. The molecule has 0 aromatic heterocycles. The van der Waals surface area contributed by atoms with Crippen LogP contribution in [0.2, 0.25) is 0 Å². The minimum absolute atomic E-state index is 0.0736. The Bertz CT molecular complexity index is 1950. The number of ketones is 1. The molecule has 55 heavy (non-hydrogen) atoms. The van der Waals surface area contributed by atoms with Crippen LogP contribution in [0.15, 0.2) is 109 Å². The van der Waals surface area contributed by atoms with Gasteiger partial charge in [0.15, 0.2) is 30.8 Å². The minimum atomic E-state index is -1.61. The molecule has 2 aliphatic rings. The highest BCUT2D eigenvalue weighted by Gasteiger charge is 2.49. The molecule has 1 saturated heterocycles. The van der Waals surface area contributed by atoms with Crippen molar-refractivity contribution in [3.63, 3.8) is 0 Å². The molecule has 14 nitrogen and oxygen atoms in total. The first-order chi connectivity index (χ1) is 26.6. The molecule has 4 aromatic rings. The minimum Gasteiger partial charge on any atom is -0.456 e. The molecular formula is C41H40N2O12. The summed E-state index contributed by atoms with van der Waals surface area (Å²) in [7, 11) is 0. The van der Waals surface area contributed by atoms with Gasteiger partial charge in [0.05, 0.1) is 18.8 Å². The fraction of sp³-hybridized carbons (Fsp3) is 0.293. The molecule has 0 unspecified atom stereocenters. The summed E-state index contributed by atoms with van der Waals surface area (Å²) in [4.78, 5) is 65.0. The molecule has 0 saturated carbocycles. The van der Waals surface area contributed by atoms with E-state index in [9.17, 15) is 34.2 Å². The maximum atomic E-state index is 13.5. The van der Waals surface area contributed by atoms with Crippen LogP contribution in [0.25, 0.3) is 11.1 Å². The number of fused-ring (bicyclic) bond motifs is 3. The van der Waals surface area contributed by atoms with E-state index in [4.69, 9.17) is 23.7 Å². The molecule has 4 N–H and O–H groups in total. The number of amides is 2. The maximum absolute atomic E-state index is 13.5. The fourth-order valence-corrected chi connectivity index (χ4v) is 6.59. The summed E-state index contributed by atoms with van der Waals surface area (Å²) < 4.78 is 28.3. The molecule has 6 rings (SSSR count). The lowest BCUT2D eigenvalue weighted by molar-refractivity contribution is -0.270. The van der Waals surface area contributed by atoms with E-state index < -0.39 is 86.2 Å². The molecule has 0 bridgehead atoms. The number of carbonyl (C=O) groups is 5. The number of Topliss-reactive ketones (excluding diaryl/α,β-unsaturated/α-hetero) is 1. The predicted octanol–water partition coefficient (Wildman–Crippen LogP) is 3.14. The zero-order chi connectivity index (χ0) is 38.9. The Morgan fingerprint density at radius 1 is 0.782 bits per heavy atom. The van der Waals surface area contributed by atoms with Gasteiger partial charge < -0.3 is 44.5 Å². The number of rotatable bonds is 14. The molecule has 2 amide bonds. The third-order valence-electron chi connectivity index (χ3n) is 9.26. The van der Waals surface area contributed by atoms with Gasteiger partial charge in [-0.1, -0.05) is 97.1 Å². The highest BCUT2D eigenvalue weighted by Crippen LogP contribution is 2.44. The smallest absolute Gasteiger partial charge is 0.407 e. The molecule has 1 heterocycles. The quantitative estimate of drug-likeness (QED) is 0.0836. The first kappa shape index (κ1) is 38.8. The number of esters is 2. The number of ether oxygens (including phenoxy) is 5. The van der Waals surface area contributed by atoms with Crippen molar-refractivity contribution in [2.24, 2.45) is 0 Å². The first-order valence-corrected chi connectivity index (χ1v) is 17.6. The number of carbonyl (C=O) groups excluding carboxylic acids is 5. The van der Waals surface area contributed by atoms with Crippen molar-refractivity contribution in [3.8, 4) is 11.1 Å². The van der Waals surface area contributed by atoms with Gasteiger partial charge in [-0.2, -0.15) is 0 Å². The van der Waals surface area contributed by atoms with Crippen molar-refractivity contribution in [1.82, 2.24) is 10.6 Å². The van der Waals surface area contributed by atoms with Gasteiger partial charge in [-0.3, -0.25) is 9.59 Å². The van der Waals surface area contributed by atoms with Gasteiger partial charge in [0.2, 0.25) is 5.91 Å². The zero-order valence-corrected chi connectivity index (χ0v) is 29.7. The van der Waals surface area contributed by atoms with Crippen LogP contribution in [0.1, 0.15) is 44.7 Å². The normalized spacial score (nSPS) is 20.6. The van der Waals surface area contributed by atoms with Crippen molar-refractivity contribution < 1.29 is 57.9 Å². The zero-order valence-electron chi connectivity index (χ0n) is 29.7. The van der Waals surface area contributed by atoms with E-state index >= 15 is 0 Å². The molecular weight excluding hydrogens is 712 g/mol. The Labute approximate surface area is 316 Å². The van der Waals surface area contributed by atoms with E-state index in [1.807, 2.05) is 48.5 Å². The van der Waals surface area contributed by atoms with Gasteiger partial charge in [-0.15, -0.1) is 0 Å². The van der Waals surface area contributed by atoms with Gasteiger partial charge in [0.25, 0.3) is 0 Å². The van der Waals surface area contributed by atoms with E-state index in [0.29, 0.717) is 5.56 Å². The first-order valence-electron chi connectivity index (χ1n) is 17.6. The Morgan fingerprint density at radius 2 is 1.36 bits per heavy atom. The van der Waals surface area contributed by atoms with Crippen LogP contribution in [0.3, 0.4) is 0 Å². The predicted molar refractivity (Wildman–Crippen MR) is 195 cm³/mol. The monoisotopic (exact) mass is 752 g/mol. The number of aliphatic hydroxyl groups excluding tert-OH is 2. The Morgan fingerprint density at radius 3 is 1.96 bits per heavy atom. The number of hydrogen-bond acceptors (Lipinski definition) is 12. The third-order valence-corrected chi connectivity index (χ3v) is 9.26. The molecule has 1 fully saturated rings. The van der Waals surface area contributed by atoms with Crippen LogP contribution in [0.5, 0.6) is 0 Å². The summed E-state index contributed by atoms with van der Waals surface area (Å²) in [5, 5.41) is 26.1. The average molecular weight is 753 g/mol. The van der Waals surface area contributed by atoms with Crippen molar-refractivity contribution in [2.45, 2.75) is 49.5 Å². The summed E-state index contributed by atoms with van der Waals surface area (Å²) in [5.74, 6) is -3.28. The lowest BCUT2D eigenvalue weighted by Crippen LogP contribution is -2.66. The summed E-state index contributed by atoms with van der Waals surface area (Å²) >= 11 is 0. The standard InChI is InChI=1S/C41H40N2O12/c1-24(45)42-35-37(55-38(48)26-14-6-3-7-15-26)36(47)34(20-44)54-40(35)52-22-32(39(49)51-23-33(46)25-12-4-2-5-13-25)43-41(50)53-21-31-29-18-10-8-16-27(29)28-17-9-11-19-30(28)31/h2-19,31-32,34-37,40,44,47H,20-23H2,1H3,(H,42,45)(H,43,50)/t32-,34-,35+,36-,37-,40-/m0/s1. The van der Waals surface area contributed by atoms with Crippen molar-refractivity contribution >= 4 is 29.7 Å². The third kappa shape index (κ3) is 9.24. The van der Waals surface area contributed by atoms with E-state index in [-0.39, 0.29) is 18.1 Å². The van der Waals surface area contributed by atoms with E-state index in [1.54, 1.807) is 48.5 Å². The van der Waals surface area contributed by atoms with Crippen molar-refractivity contribution in [1.29, 1.82) is 0 Å². The molecule has 286 valence electrons. The van der Waals surface area contributed by atoms with Gasteiger partial charge in [-0.25, -0.2) is 14.4 Å². The molecule has 1 aliphatic carbocycles. The van der Waals surface area contributed by atoms with Crippen molar-refractivity contribution in [3.05, 3.63) is 131 Å². The van der Waals surface area contributed by atoms with Crippen LogP contribution in [0, 0.1) is 0 Å². The van der Waals surface area contributed by atoms with E-state index in [1.165, 1.54) is 19.1 Å². The summed E-state index contributed by atoms with van der Waals surface area (Å²) in [6.07, 6.45) is -6.99. The Hall–Kier alpha value is -5.93. The number of aliphatic hydroxyl groups is 2. The maximum Gasteiger partial charge on any atom is 0.407 e. The Kier molecular flexibility index (Phi) is 12.6. The van der Waals surface area contributed by atoms with Gasteiger partial charge in [-0.05, 0) is 34.4 Å². The summed E-state index contributed by atoms with van der Waals surface area (Å²) in [6.45, 7) is -0.957. The lowest BCUT2D eigenvalue weighted by atomic mass is 9.96. The largest absolute Gasteiger partial charge is 0.456 e. The lowest BCUT2D eigenvalue weighted by Gasteiger charge is -2.43. The number of hydrogen-bond donors (Lipinski definition) is 4. The van der Waals surface area contributed by atoms with Gasteiger partial charge >= 0.3 is 18.0 Å². The van der Waals surface area contributed by atoms with E-state index in [2.05, 4.69) is 10.6 Å². The van der Waals surface area contributed by atoms with Crippen molar-refractivity contribution in [2.75, 3.05) is 26.4 Å². The van der Waals surface area contributed by atoms with Crippen LogP contribution in [-0.2, 0) is 33.3 Å². The topological polar surface area (TPSA) is 196 Å². The molecule has 4 aromatic carbocycles. The number of benzene rings is 4. The summed E-state index contributed by atoms with van der Waals surface area (Å²) in [6, 6.07) is 28.6. The highest BCUT2D eigenvalue weighted by molar-refractivity contribution is 5.98. The van der Waals surface area contributed by atoms with Gasteiger partial charge in [0.1, 0.15) is 24.9 Å². The molecule has 14 heteroatoms.